The zero-order valence-electron chi connectivity index (χ0n) is 14.6. The van der Waals surface area contributed by atoms with Crippen molar-refractivity contribution in [3.05, 3.63) is 0 Å². The molecule has 0 heterocycles. The summed E-state index contributed by atoms with van der Waals surface area (Å²) in [5.41, 5.74) is 0.310. The van der Waals surface area contributed by atoms with Gasteiger partial charge in [-0.25, -0.2) is 8.42 Å². The summed E-state index contributed by atoms with van der Waals surface area (Å²) in [6, 6.07) is 0. The molecule has 0 bridgehead atoms. The molecule has 0 fully saturated rings. The summed E-state index contributed by atoms with van der Waals surface area (Å²) >= 11 is 0. The molecule has 2 atom stereocenters. The van der Waals surface area contributed by atoms with E-state index in [4.69, 9.17) is 4.74 Å². The van der Waals surface area contributed by atoms with Crippen molar-refractivity contribution in [2.45, 2.75) is 46.6 Å². The first-order valence-corrected chi connectivity index (χ1v) is 8.97. The van der Waals surface area contributed by atoms with Crippen LogP contribution in [0.4, 0.5) is 0 Å². The Morgan fingerprint density at radius 2 is 1.91 bits per heavy atom. The number of rotatable bonds is 11. The van der Waals surface area contributed by atoms with Crippen molar-refractivity contribution in [2.24, 2.45) is 11.3 Å². The minimum absolute atomic E-state index is 0. The van der Waals surface area contributed by atoms with Gasteiger partial charge in [0.2, 0.25) is 0 Å². The zero-order chi connectivity index (χ0) is 16.5. The van der Waals surface area contributed by atoms with Crippen molar-refractivity contribution in [1.29, 1.82) is 0 Å². The monoisotopic (exact) mass is 347 g/mol. The number of hydrogen-bond acceptors (Lipinski definition) is 6. The molecule has 128 valence electrons. The Morgan fingerprint density at radius 3 is 2.41 bits per heavy atom. The average molecular weight is 347 g/mol. The van der Waals surface area contributed by atoms with Crippen molar-refractivity contribution in [2.75, 3.05) is 32.1 Å². The van der Waals surface area contributed by atoms with E-state index in [1.165, 1.54) is 0 Å². The molecule has 2 N–H and O–H groups in total. The fourth-order valence-corrected chi connectivity index (χ4v) is 2.57. The number of aliphatic hydroxyl groups is 1. The average Bonchev–Trinajstić information content (AvgIpc) is 2.27. The summed E-state index contributed by atoms with van der Waals surface area (Å²) in [6.45, 7) is 9.89. The van der Waals surface area contributed by atoms with Crippen LogP contribution >= 0.6 is 0 Å². The molecule has 2 unspecified atom stereocenters. The topological polar surface area (TPSA) is 98.7 Å². The molecule has 0 aromatic carbocycles. The van der Waals surface area contributed by atoms with E-state index in [9.17, 15) is 18.1 Å². The van der Waals surface area contributed by atoms with E-state index in [1.807, 2.05) is 0 Å². The smallest absolute Gasteiger partial charge is 0.748 e. The molecule has 0 aliphatic rings. The molecule has 0 saturated carbocycles. The minimum atomic E-state index is -4.19. The van der Waals surface area contributed by atoms with Crippen LogP contribution in [0.1, 0.15) is 40.5 Å². The van der Waals surface area contributed by atoms with E-state index >= 15 is 0 Å². The van der Waals surface area contributed by atoms with Crippen LogP contribution in [0, 0.1) is 11.3 Å². The van der Waals surface area contributed by atoms with Gasteiger partial charge in [-0.3, -0.25) is 0 Å². The number of nitrogens with one attached hydrogen (secondary N) is 1. The maximum absolute atomic E-state index is 10.4. The van der Waals surface area contributed by atoms with Gasteiger partial charge in [-0.15, -0.1) is 0 Å². The van der Waals surface area contributed by atoms with E-state index in [0.29, 0.717) is 17.9 Å². The van der Waals surface area contributed by atoms with Crippen LogP contribution in [-0.2, 0) is 14.9 Å². The van der Waals surface area contributed by atoms with Gasteiger partial charge in [0, 0.05) is 19.7 Å². The van der Waals surface area contributed by atoms with E-state index in [0.717, 1.165) is 12.8 Å². The third-order valence-corrected chi connectivity index (χ3v) is 3.64. The van der Waals surface area contributed by atoms with Gasteiger partial charge in [0.25, 0.3) is 0 Å². The van der Waals surface area contributed by atoms with Crippen LogP contribution in [0.25, 0.3) is 0 Å². The quantitative estimate of drug-likeness (QED) is 0.254. The van der Waals surface area contributed by atoms with E-state index in [2.05, 4.69) is 33.0 Å². The van der Waals surface area contributed by atoms with Crippen LogP contribution in [0.2, 0.25) is 0 Å². The summed E-state index contributed by atoms with van der Waals surface area (Å²) in [5.74, 6) is 0.104. The third kappa shape index (κ3) is 18.8. The first-order chi connectivity index (χ1) is 9.49. The molecule has 0 amide bonds. The van der Waals surface area contributed by atoms with Crippen molar-refractivity contribution >= 4 is 10.1 Å². The first-order valence-electron chi connectivity index (χ1n) is 7.40. The minimum Gasteiger partial charge on any atom is -0.748 e. The molecule has 0 aromatic heterocycles. The Kier molecular flexibility index (Phi) is 13.9. The van der Waals surface area contributed by atoms with Gasteiger partial charge in [0.1, 0.15) is 0 Å². The second-order valence-corrected chi connectivity index (χ2v) is 8.38. The van der Waals surface area contributed by atoms with Crippen molar-refractivity contribution in [3.63, 3.8) is 0 Å². The second-order valence-electron chi connectivity index (χ2n) is 6.85. The molecule has 0 saturated heterocycles. The fourth-order valence-electron chi connectivity index (χ4n) is 2.18. The molecular weight excluding hydrogens is 317 g/mol. The Balaban J connectivity index is 0. The molecule has 0 spiro atoms. The zero-order valence-corrected chi connectivity index (χ0v) is 17.4. The summed E-state index contributed by atoms with van der Waals surface area (Å²) in [7, 11) is -4.19. The van der Waals surface area contributed by atoms with Crippen molar-refractivity contribution in [3.8, 4) is 0 Å². The Hall–Kier alpha value is 0.790. The fraction of sp³-hybridized carbons (Fsp3) is 1.00. The number of ether oxygens (including phenoxy) is 1. The SMILES string of the molecule is CC(CCOCC(O)CNCCS(=O)(=O)[O-])CC(C)(C)C.[Na+]. The van der Waals surface area contributed by atoms with Crippen LogP contribution in [0.3, 0.4) is 0 Å². The van der Waals surface area contributed by atoms with Crippen LogP contribution in [0.15, 0.2) is 0 Å². The van der Waals surface area contributed by atoms with Gasteiger partial charge in [-0.05, 0) is 24.2 Å². The molecule has 0 radical (unpaired) electrons. The molecular formula is C14H30NNaO5S. The van der Waals surface area contributed by atoms with Gasteiger partial charge < -0.3 is 19.7 Å². The first kappa shape index (κ1) is 25.0. The predicted molar refractivity (Wildman–Crippen MR) is 82.1 cm³/mol. The van der Waals surface area contributed by atoms with Gasteiger partial charge >= 0.3 is 29.6 Å². The standard InChI is InChI=1S/C14H31NO5S.Na/c1-12(9-14(2,3)4)5-7-20-11-13(16)10-15-6-8-21(17,18)19;/h12-13,15-16H,5-11H2,1-4H3,(H,17,18,19);/q;+1/p-1. The van der Waals surface area contributed by atoms with Crippen LogP contribution in [0.5, 0.6) is 0 Å². The second kappa shape index (κ2) is 12.2. The van der Waals surface area contributed by atoms with E-state index in [-0.39, 0.29) is 49.3 Å². The van der Waals surface area contributed by atoms with Crippen LogP contribution in [-0.4, -0.2) is 56.2 Å². The maximum atomic E-state index is 10.4. The molecule has 0 aliphatic carbocycles. The van der Waals surface area contributed by atoms with E-state index < -0.39 is 22.0 Å². The molecule has 22 heavy (non-hydrogen) atoms. The van der Waals surface area contributed by atoms with E-state index in [1.54, 1.807) is 0 Å². The number of aliphatic hydroxyl groups excluding tert-OH is 1. The largest absolute Gasteiger partial charge is 1.00 e. The van der Waals surface area contributed by atoms with Gasteiger partial charge in [-0.1, -0.05) is 27.7 Å². The van der Waals surface area contributed by atoms with Gasteiger partial charge in [-0.2, -0.15) is 0 Å². The maximum Gasteiger partial charge on any atom is 1.00 e. The van der Waals surface area contributed by atoms with Gasteiger partial charge in [0.05, 0.1) is 28.6 Å². The van der Waals surface area contributed by atoms with Crippen molar-refractivity contribution in [1.82, 2.24) is 5.32 Å². The summed E-state index contributed by atoms with van der Waals surface area (Å²) < 4.78 is 36.5. The molecule has 8 heteroatoms. The Morgan fingerprint density at radius 1 is 1.32 bits per heavy atom. The molecule has 0 rings (SSSR count). The number of hydrogen-bond donors (Lipinski definition) is 2. The summed E-state index contributed by atoms with van der Waals surface area (Å²) in [6.07, 6.45) is 1.38. The van der Waals surface area contributed by atoms with Crippen molar-refractivity contribution < 1.29 is 52.4 Å². The summed E-state index contributed by atoms with van der Waals surface area (Å²) in [5, 5.41) is 12.3. The Bertz CT molecular complexity index is 370. The predicted octanol–water partition coefficient (Wildman–Crippen LogP) is -2.03. The Labute approximate surface area is 157 Å². The molecule has 6 nitrogen and oxygen atoms in total. The molecule has 0 aliphatic heterocycles. The normalized spacial score (nSPS) is 15.2. The van der Waals surface area contributed by atoms with Crippen LogP contribution < -0.4 is 34.9 Å². The van der Waals surface area contributed by atoms with Gasteiger partial charge in [0.15, 0.2) is 0 Å². The third-order valence-electron chi connectivity index (χ3n) is 2.93. The summed E-state index contributed by atoms with van der Waals surface area (Å²) in [4.78, 5) is 0. The molecule has 0 aromatic rings.